The first-order valence-electron chi connectivity index (χ1n) is 14.1. The van der Waals surface area contributed by atoms with Gasteiger partial charge in [-0.15, -0.1) is 24.1 Å². The van der Waals surface area contributed by atoms with Crippen molar-refractivity contribution >= 4 is 49.9 Å². The molecule has 0 radical (unpaired) electrons. The molecule has 0 saturated carbocycles. The van der Waals surface area contributed by atoms with Crippen LogP contribution in [0.1, 0.15) is 39.2 Å². The Morgan fingerprint density at radius 3 is 2.24 bits per heavy atom. The summed E-state index contributed by atoms with van der Waals surface area (Å²) in [5.41, 5.74) is 7.94. The summed E-state index contributed by atoms with van der Waals surface area (Å²) in [5.74, 6) is 3.22. The van der Waals surface area contributed by atoms with Gasteiger partial charge in [-0.2, -0.15) is 0 Å². The molecule has 4 aromatic carbocycles. The molecule has 5 aromatic rings. The molecule has 202 valence electrons. The second-order valence-corrected chi connectivity index (χ2v) is 10.8. The second kappa shape index (κ2) is 13.3. The lowest BCUT2D eigenvalue weighted by atomic mass is 9.96. The van der Waals surface area contributed by atoms with Crippen LogP contribution in [-0.2, 0) is 0 Å². The van der Waals surface area contributed by atoms with Gasteiger partial charge in [-0.3, -0.25) is 4.98 Å². The van der Waals surface area contributed by atoms with Gasteiger partial charge in [-0.25, -0.2) is 4.98 Å². The van der Waals surface area contributed by atoms with Gasteiger partial charge in [0.2, 0.25) is 0 Å². The van der Waals surface area contributed by atoms with E-state index in [-0.39, 0.29) is 0 Å². The van der Waals surface area contributed by atoms with Crippen molar-refractivity contribution in [2.24, 2.45) is 0 Å². The van der Waals surface area contributed by atoms with Crippen LogP contribution < -0.4 is 0 Å². The molecule has 0 spiro atoms. The van der Waals surface area contributed by atoms with Gasteiger partial charge in [-0.1, -0.05) is 104 Å². The number of rotatable bonds is 3. The minimum absolute atomic E-state index is 0.902. The summed E-state index contributed by atoms with van der Waals surface area (Å²) < 4.78 is 0. The predicted molar refractivity (Wildman–Crippen MR) is 181 cm³/mol. The first kappa shape index (κ1) is 28.1. The SMILES string of the molecule is C#CC.C/C=C1/C/C=C\C=C/CS/C1=C(/CC)c1cccc(-c2cnc3c4ccccc4c4ccccc4c3n2)c1. The van der Waals surface area contributed by atoms with E-state index in [1.165, 1.54) is 32.4 Å². The van der Waals surface area contributed by atoms with E-state index in [1.54, 1.807) is 6.92 Å². The smallest absolute Gasteiger partial charge is 0.0979 e. The van der Waals surface area contributed by atoms with Crippen LogP contribution in [0.3, 0.4) is 0 Å². The average molecular weight is 551 g/mol. The van der Waals surface area contributed by atoms with Gasteiger partial charge in [0.25, 0.3) is 0 Å². The quantitative estimate of drug-likeness (QED) is 0.165. The van der Waals surface area contributed by atoms with Crippen molar-refractivity contribution in [3.05, 3.63) is 125 Å². The number of hydrogen-bond acceptors (Lipinski definition) is 3. The third-order valence-electron chi connectivity index (χ3n) is 7.25. The van der Waals surface area contributed by atoms with Crippen molar-refractivity contribution in [3.63, 3.8) is 0 Å². The lowest BCUT2D eigenvalue weighted by molar-refractivity contribution is 1.20. The van der Waals surface area contributed by atoms with Crippen LogP contribution in [0, 0.1) is 12.3 Å². The highest BCUT2D eigenvalue weighted by atomic mass is 32.2. The fourth-order valence-corrected chi connectivity index (χ4v) is 6.58. The fourth-order valence-electron chi connectivity index (χ4n) is 5.38. The number of terminal acetylenes is 1. The van der Waals surface area contributed by atoms with Crippen LogP contribution in [0.15, 0.2) is 120 Å². The Bertz CT molecular complexity index is 1850. The molecule has 6 rings (SSSR count). The topological polar surface area (TPSA) is 25.8 Å². The number of allylic oxidation sites excluding steroid dienone is 6. The van der Waals surface area contributed by atoms with Gasteiger partial charge in [-0.05, 0) is 60.2 Å². The fraction of sp³-hybridized carbons (Fsp3) is 0.158. The molecule has 3 heteroatoms. The molecule has 0 N–H and O–H groups in total. The van der Waals surface area contributed by atoms with E-state index in [0.29, 0.717) is 0 Å². The third kappa shape index (κ3) is 5.89. The summed E-state index contributed by atoms with van der Waals surface area (Å²) in [4.78, 5) is 11.6. The van der Waals surface area contributed by atoms with Crippen molar-refractivity contribution in [2.75, 3.05) is 5.75 Å². The zero-order valence-corrected chi connectivity index (χ0v) is 24.7. The van der Waals surface area contributed by atoms with Crippen molar-refractivity contribution in [3.8, 4) is 23.6 Å². The summed E-state index contributed by atoms with van der Waals surface area (Å²) in [6, 6.07) is 25.9. The largest absolute Gasteiger partial charge is 0.252 e. The molecule has 0 amide bonds. The van der Waals surface area contributed by atoms with Gasteiger partial charge >= 0.3 is 0 Å². The second-order valence-electron chi connectivity index (χ2n) is 9.76. The molecule has 1 aliphatic heterocycles. The number of hydrogen-bond donors (Lipinski definition) is 0. The highest BCUT2D eigenvalue weighted by Crippen LogP contribution is 2.38. The Labute approximate surface area is 247 Å². The maximum absolute atomic E-state index is 5.22. The number of benzene rings is 4. The molecule has 0 atom stereocenters. The number of nitrogens with zero attached hydrogens (tertiary/aromatic N) is 2. The number of thioether (sulfide) groups is 1. The Hall–Kier alpha value is -4.39. The van der Waals surface area contributed by atoms with Crippen LogP contribution in [0.5, 0.6) is 0 Å². The van der Waals surface area contributed by atoms with Crippen molar-refractivity contribution < 1.29 is 0 Å². The molecular weight excluding hydrogens is 516 g/mol. The van der Waals surface area contributed by atoms with E-state index < -0.39 is 0 Å². The highest BCUT2D eigenvalue weighted by Gasteiger charge is 2.15. The van der Waals surface area contributed by atoms with Gasteiger partial charge < -0.3 is 0 Å². The van der Waals surface area contributed by atoms with Gasteiger partial charge in [0.1, 0.15) is 0 Å². The maximum Gasteiger partial charge on any atom is 0.0979 e. The van der Waals surface area contributed by atoms with Crippen molar-refractivity contribution in [1.29, 1.82) is 0 Å². The molecule has 1 aromatic heterocycles. The van der Waals surface area contributed by atoms with Crippen LogP contribution in [0.2, 0.25) is 0 Å². The van der Waals surface area contributed by atoms with E-state index >= 15 is 0 Å². The van der Waals surface area contributed by atoms with Crippen molar-refractivity contribution in [2.45, 2.75) is 33.6 Å². The first-order chi connectivity index (χ1) is 20.2. The summed E-state index contributed by atoms with van der Waals surface area (Å²) in [6.07, 6.45) is 19.5. The standard InChI is InChI=1S/C35H30N2S.C3H4/c1-3-24-14-7-5-6-12-21-38-35(24)27(4-2)25-15-13-16-26(22-25)32-23-36-33-30-19-10-8-17-28(30)29-18-9-11-20-31(29)34(33)37-32;1-3-2/h3,5-13,15-20,22-23H,4,14,21H2,1-2H3;1H,2H3/b7-5-,12-6-,24-3-,35-27-;. The Balaban J connectivity index is 0.00000108. The van der Waals surface area contributed by atoms with Crippen LogP contribution >= 0.6 is 11.8 Å². The Morgan fingerprint density at radius 1 is 0.902 bits per heavy atom. The lowest BCUT2D eigenvalue weighted by Gasteiger charge is -2.17. The summed E-state index contributed by atoms with van der Waals surface area (Å²) in [6.45, 7) is 6.06. The Morgan fingerprint density at radius 2 is 1.56 bits per heavy atom. The molecule has 2 heterocycles. The number of aromatic nitrogens is 2. The summed E-state index contributed by atoms with van der Waals surface area (Å²) in [5, 5.41) is 4.72. The molecule has 0 saturated heterocycles. The van der Waals surface area contributed by atoms with Crippen LogP contribution in [0.25, 0.3) is 49.4 Å². The van der Waals surface area contributed by atoms with E-state index in [0.717, 1.165) is 51.7 Å². The van der Waals surface area contributed by atoms with Crippen LogP contribution in [-0.4, -0.2) is 15.7 Å². The molecule has 0 unspecified atom stereocenters. The van der Waals surface area contributed by atoms with E-state index in [1.807, 2.05) is 18.0 Å². The van der Waals surface area contributed by atoms with E-state index in [2.05, 4.69) is 129 Å². The summed E-state index contributed by atoms with van der Waals surface area (Å²) in [7, 11) is 0. The molecule has 0 bridgehead atoms. The normalized spacial score (nSPS) is 17.2. The van der Waals surface area contributed by atoms with Gasteiger partial charge in [0.05, 0.1) is 22.9 Å². The first-order valence-corrected chi connectivity index (χ1v) is 15.1. The zero-order chi connectivity index (χ0) is 28.6. The average Bonchev–Trinajstić information content (AvgIpc) is 3.14. The van der Waals surface area contributed by atoms with Gasteiger partial charge in [0.15, 0.2) is 0 Å². The van der Waals surface area contributed by atoms with Crippen LogP contribution in [0.4, 0.5) is 0 Å². The molecule has 41 heavy (non-hydrogen) atoms. The molecular formula is C38H34N2S. The Kier molecular flexibility index (Phi) is 9.14. The summed E-state index contributed by atoms with van der Waals surface area (Å²) >= 11 is 1.93. The molecule has 0 aliphatic carbocycles. The zero-order valence-electron chi connectivity index (χ0n) is 23.9. The molecule has 2 nitrogen and oxygen atoms in total. The lowest BCUT2D eigenvalue weighted by Crippen LogP contribution is -1.96. The van der Waals surface area contributed by atoms with Crippen molar-refractivity contribution in [1.82, 2.24) is 9.97 Å². The maximum atomic E-state index is 5.22. The minimum atomic E-state index is 0.902. The monoisotopic (exact) mass is 550 g/mol. The highest BCUT2D eigenvalue weighted by molar-refractivity contribution is 8.03. The molecule has 1 aliphatic rings. The number of fused-ring (bicyclic) bond motifs is 6. The predicted octanol–water partition coefficient (Wildman–Crippen LogP) is 10.6. The van der Waals surface area contributed by atoms with E-state index in [9.17, 15) is 0 Å². The van der Waals surface area contributed by atoms with Gasteiger partial charge in [0, 0.05) is 27.0 Å². The minimum Gasteiger partial charge on any atom is -0.252 e. The molecule has 0 fully saturated rings. The third-order valence-corrected chi connectivity index (χ3v) is 8.40. The van der Waals surface area contributed by atoms with E-state index in [4.69, 9.17) is 9.97 Å².